The maximum atomic E-state index is 12.6. The van der Waals surface area contributed by atoms with Crippen LogP contribution in [0.5, 0.6) is 0 Å². The molecule has 46 heavy (non-hydrogen) atoms. The van der Waals surface area contributed by atoms with E-state index in [0.29, 0.717) is 0 Å². The van der Waals surface area contributed by atoms with E-state index < -0.39 is 63.7 Å². The Morgan fingerprint density at radius 2 is 0.913 bits per heavy atom. The predicted molar refractivity (Wildman–Crippen MR) is 172 cm³/mol. The van der Waals surface area contributed by atoms with Crippen molar-refractivity contribution < 1.29 is 72.2 Å². The standard InChI is InChI=1S/C26H54O16Si4/c1-29-43(30-2,31-3)20-26(21-44(32-4,33-5)34-6)19-22(45(35-7,36-8)37-9)15-17-41-24(27)13-14-25(28)42-18-16-23(26)46(38-10,39-11)40-12/h13-14,22-23H,15-21H2,1-12H3/b14-13+. The lowest BCUT2D eigenvalue weighted by molar-refractivity contribution is -0.141. The fourth-order valence-corrected chi connectivity index (χ4v) is 17.2. The second kappa shape index (κ2) is 19.9. The fourth-order valence-electron chi connectivity index (χ4n) is 6.38. The zero-order valence-corrected chi connectivity index (χ0v) is 33.3. The number of carbonyl (C=O) groups excluding carboxylic acids is 2. The van der Waals surface area contributed by atoms with E-state index in [2.05, 4.69) is 0 Å². The van der Waals surface area contributed by atoms with Gasteiger partial charge in [-0.15, -0.1) is 0 Å². The molecule has 0 amide bonds. The van der Waals surface area contributed by atoms with E-state index in [-0.39, 0.29) is 44.6 Å². The smallest absolute Gasteiger partial charge is 0.463 e. The fraction of sp³-hybridized carbons (Fsp3) is 0.846. The van der Waals surface area contributed by atoms with E-state index in [9.17, 15) is 9.59 Å². The number of hydrogen-bond acceptors (Lipinski definition) is 16. The molecule has 0 saturated carbocycles. The highest BCUT2D eigenvalue weighted by molar-refractivity contribution is 6.66. The highest BCUT2D eigenvalue weighted by Crippen LogP contribution is 2.59. The molecule has 0 fully saturated rings. The summed E-state index contributed by atoms with van der Waals surface area (Å²) < 4.78 is 83.6. The van der Waals surface area contributed by atoms with Crippen molar-refractivity contribution in [3.8, 4) is 0 Å². The summed E-state index contributed by atoms with van der Waals surface area (Å²) in [7, 11) is 3.78. The first-order valence-corrected chi connectivity index (χ1v) is 22.0. The van der Waals surface area contributed by atoms with Crippen molar-refractivity contribution in [2.45, 2.75) is 42.4 Å². The molecule has 16 nitrogen and oxygen atoms in total. The normalized spacial score (nSPS) is 21.7. The number of esters is 2. The van der Waals surface area contributed by atoms with Gasteiger partial charge in [0.1, 0.15) is 0 Å². The summed E-state index contributed by atoms with van der Waals surface area (Å²) in [5.74, 6) is -1.45. The molecule has 270 valence electrons. The molecule has 1 aliphatic rings. The van der Waals surface area contributed by atoms with Crippen LogP contribution in [0, 0.1) is 5.41 Å². The molecule has 0 aliphatic carbocycles. The molecule has 0 spiro atoms. The molecular formula is C26H54O16Si4. The van der Waals surface area contributed by atoms with Crippen molar-refractivity contribution in [1.29, 1.82) is 0 Å². The Kier molecular flexibility index (Phi) is 18.7. The van der Waals surface area contributed by atoms with Gasteiger partial charge >= 0.3 is 47.2 Å². The lowest BCUT2D eigenvalue weighted by atomic mass is 9.81. The Balaban J connectivity index is 4.41. The van der Waals surface area contributed by atoms with Crippen molar-refractivity contribution in [2.24, 2.45) is 5.41 Å². The van der Waals surface area contributed by atoms with Gasteiger partial charge in [0.25, 0.3) is 0 Å². The maximum absolute atomic E-state index is 12.6. The summed E-state index contributed by atoms with van der Waals surface area (Å²) in [6.45, 7) is -0.163. The first-order chi connectivity index (χ1) is 21.9. The summed E-state index contributed by atoms with van der Waals surface area (Å²) in [5, 5.41) is 0. The van der Waals surface area contributed by atoms with Crippen LogP contribution in [0.15, 0.2) is 12.2 Å². The van der Waals surface area contributed by atoms with E-state index in [1.165, 1.54) is 85.3 Å². The molecule has 0 aromatic heterocycles. The van der Waals surface area contributed by atoms with Crippen molar-refractivity contribution in [3.05, 3.63) is 12.2 Å². The summed E-state index contributed by atoms with van der Waals surface area (Å²) in [4.78, 5) is 25.1. The van der Waals surface area contributed by atoms with Gasteiger partial charge in [0, 0.05) is 121 Å². The molecule has 2 unspecified atom stereocenters. The second-order valence-corrected chi connectivity index (χ2v) is 22.7. The third-order valence-electron chi connectivity index (χ3n) is 8.75. The minimum absolute atomic E-state index is 0.0569. The minimum Gasteiger partial charge on any atom is -0.463 e. The van der Waals surface area contributed by atoms with E-state index in [4.69, 9.17) is 62.6 Å². The van der Waals surface area contributed by atoms with Gasteiger partial charge in [-0.25, -0.2) is 9.59 Å². The molecule has 0 radical (unpaired) electrons. The van der Waals surface area contributed by atoms with Crippen LogP contribution in [0.25, 0.3) is 0 Å². The molecule has 1 aliphatic heterocycles. The highest BCUT2D eigenvalue weighted by atomic mass is 28.4. The Morgan fingerprint density at radius 3 is 1.24 bits per heavy atom. The third-order valence-corrected chi connectivity index (χ3v) is 21.4. The number of cyclic esters (lactones) is 2. The Hall–Kier alpha value is -0.932. The van der Waals surface area contributed by atoms with E-state index >= 15 is 0 Å². The van der Waals surface area contributed by atoms with Crippen LogP contribution in [0.4, 0.5) is 0 Å². The molecule has 0 aromatic carbocycles. The van der Waals surface area contributed by atoms with Gasteiger partial charge in [-0.3, -0.25) is 0 Å². The van der Waals surface area contributed by atoms with Crippen LogP contribution in [0.3, 0.4) is 0 Å². The largest absolute Gasteiger partial charge is 0.504 e. The monoisotopic (exact) mass is 734 g/mol. The molecule has 0 bridgehead atoms. The minimum atomic E-state index is -3.72. The zero-order chi connectivity index (χ0) is 35.1. The van der Waals surface area contributed by atoms with Gasteiger partial charge in [0.15, 0.2) is 0 Å². The molecule has 0 N–H and O–H groups in total. The molecule has 20 heteroatoms. The maximum Gasteiger partial charge on any atom is 0.504 e. The van der Waals surface area contributed by atoms with Crippen LogP contribution < -0.4 is 0 Å². The summed E-state index contributed by atoms with van der Waals surface area (Å²) in [6, 6.07) is 0.269. The summed E-state index contributed by atoms with van der Waals surface area (Å²) >= 11 is 0. The van der Waals surface area contributed by atoms with Crippen LogP contribution >= 0.6 is 0 Å². The van der Waals surface area contributed by atoms with Crippen molar-refractivity contribution in [1.82, 2.24) is 0 Å². The van der Waals surface area contributed by atoms with Crippen LogP contribution in [-0.4, -0.2) is 146 Å². The van der Waals surface area contributed by atoms with Gasteiger partial charge in [-0.1, -0.05) is 0 Å². The van der Waals surface area contributed by atoms with Gasteiger partial charge in [-0.2, -0.15) is 0 Å². The Morgan fingerprint density at radius 1 is 0.565 bits per heavy atom. The van der Waals surface area contributed by atoms with Gasteiger partial charge < -0.3 is 62.6 Å². The van der Waals surface area contributed by atoms with Gasteiger partial charge in [-0.05, 0) is 24.7 Å². The predicted octanol–water partition coefficient (Wildman–Crippen LogP) is 2.05. The summed E-state index contributed by atoms with van der Waals surface area (Å²) in [6.07, 6.45) is 2.66. The van der Waals surface area contributed by atoms with Crippen molar-refractivity contribution >= 4 is 47.2 Å². The molecule has 2 atom stereocenters. The van der Waals surface area contributed by atoms with Crippen LogP contribution in [0.2, 0.25) is 23.2 Å². The third kappa shape index (κ3) is 10.1. The first-order valence-electron chi connectivity index (χ1n) is 14.5. The second-order valence-electron chi connectivity index (χ2n) is 10.4. The SMILES string of the molecule is CO[Si](CC1(C[Si](OC)(OC)OC)CC([Si](OC)(OC)OC)CCOC(=O)/C=C/C(=O)OCCC1[Si](OC)(OC)OC)(OC)OC. The number of rotatable bonds is 18. The topological polar surface area (TPSA) is 163 Å². The van der Waals surface area contributed by atoms with Crippen LogP contribution in [0.1, 0.15) is 19.3 Å². The summed E-state index contributed by atoms with van der Waals surface area (Å²) in [5.41, 5.74) is -2.28. The lowest BCUT2D eigenvalue weighted by Gasteiger charge is -2.51. The molecule has 0 saturated heterocycles. The average molecular weight is 735 g/mol. The van der Waals surface area contributed by atoms with Crippen LogP contribution in [-0.2, 0) is 72.2 Å². The molecular weight excluding hydrogens is 681 g/mol. The number of hydrogen-bond donors (Lipinski definition) is 0. The van der Waals surface area contributed by atoms with E-state index in [1.54, 1.807) is 0 Å². The molecule has 0 aromatic rings. The highest BCUT2D eigenvalue weighted by Gasteiger charge is 2.66. The van der Waals surface area contributed by atoms with Gasteiger partial charge in [0.05, 0.1) is 13.2 Å². The number of carbonyl (C=O) groups is 2. The van der Waals surface area contributed by atoms with Crippen molar-refractivity contribution in [3.63, 3.8) is 0 Å². The lowest BCUT2D eigenvalue weighted by Crippen LogP contribution is -2.61. The quantitative estimate of drug-likeness (QED) is 0.148. The molecule has 1 rings (SSSR count). The van der Waals surface area contributed by atoms with Crippen molar-refractivity contribution in [2.75, 3.05) is 98.5 Å². The van der Waals surface area contributed by atoms with E-state index in [0.717, 1.165) is 12.2 Å². The number of ether oxygens (including phenoxy) is 2. The van der Waals surface area contributed by atoms with E-state index in [1.807, 2.05) is 0 Å². The Bertz CT molecular complexity index is 886. The zero-order valence-electron chi connectivity index (χ0n) is 29.3. The average Bonchev–Trinajstić information content (AvgIpc) is 3.09. The first kappa shape index (κ1) is 43.1. The Labute approximate surface area is 277 Å². The van der Waals surface area contributed by atoms with Gasteiger partial charge in [0.2, 0.25) is 0 Å². The molecule has 1 heterocycles.